The SMILES string of the molecule is COCCOc1c(F)cccc1C(C)N. The molecule has 1 rings (SSSR count). The first-order valence-electron chi connectivity index (χ1n) is 4.82. The summed E-state index contributed by atoms with van der Waals surface area (Å²) in [5, 5.41) is 0. The highest BCUT2D eigenvalue weighted by Gasteiger charge is 2.12. The van der Waals surface area contributed by atoms with E-state index < -0.39 is 0 Å². The first-order valence-corrected chi connectivity index (χ1v) is 4.82. The van der Waals surface area contributed by atoms with Crippen molar-refractivity contribution in [2.45, 2.75) is 13.0 Å². The number of hydrogen-bond donors (Lipinski definition) is 1. The summed E-state index contributed by atoms with van der Waals surface area (Å²) in [7, 11) is 1.57. The van der Waals surface area contributed by atoms with Crippen molar-refractivity contribution >= 4 is 0 Å². The van der Waals surface area contributed by atoms with E-state index in [0.717, 1.165) is 0 Å². The van der Waals surface area contributed by atoms with Gasteiger partial charge >= 0.3 is 0 Å². The Morgan fingerprint density at radius 3 is 2.73 bits per heavy atom. The Labute approximate surface area is 89.0 Å². The monoisotopic (exact) mass is 213 g/mol. The van der Waals surface area contributed by atoms with E-state index in [-0.39, 0.29) is 17.6 Å². The molecule has 0 heterocycles. The fourth-order valence-corrected chi connectivity index (χ4v) is 1.26. The number of hydrogen-bond acceptors (Lipinski definition) is 3. The summed E-state index contributed by atoms with van der Waals surface area (Å²) >= 11 is 0. The maximum Gasteiger partial charge on any atom is 0.165 e. The maximum atomic E-state index is 13.4. The van der Waals surface area contributed by atoms with Crippen LogP contribution in [-0.4, -0.2) is 20.3 Å². The van der Waals surface area contributed by atoms with Crippen molar-refractivity contribution in [1.29, 1.82) is 0 Å². The lowest BCUT2D eigenvalue weighted by molar-refractivity contribution is 0.143. The Hall–Kier alpha value is -1.13. The number of halogens is 1. The van der Waals surface area contributed by atoms with Gasteiger partial charge in [-0.25, -0.2) is 4.39 Å². The maximum absolute atomic E-state index is 13.4. The molecule has 0 saturated carbocycles. The number of rotatable bonds is 5. The van der Waals surface area contributed by atoms with Crippen LogP contribution in [0.3, 0.4) is 0 Å². The summed E-state index contributed by atoms with van der Waals surface area (Å²) in [4.78, 5) is 0. The molecule has 0 fully saturated rings. The summed E-state index contributed by atoms with van der Waals surface area (Å²) in [6.45, 7) is 2.53. The second kappa shape index (κ2) is 5.68. The van der Waals surface area contributed by atoms with E-state index in [1.807, 2.05) is 0 Å². The fraction of sp³-hybridized carbons (Fsp3) is 0.455. The van der Waals surface area contributed by atoms with E-state index in [2.05, 4.69) is 0 Å². The Morgan fingerprint density at radius 1 is 1.40 bits per heavy atom. The van der Waals surface area contributed by atoms with E-state index in [4.69, 9.17) is 15.2 Å². The Balaban J connectivity index is 2.82. The van der Waals surface area contributed by atoms with Crippen LogP contribution in [0.1, 0.15) is 18.5 Å². The molecule has 0 bridgehead atoms. The van der Waals surface area contributed by atoms with Gasteiger partial charge in [0.1, 0.15) is 6.61 Å². The van der Waals surface area contributed by atoms with Gasteiger partial charge in [0.15, 0.2) is 11.6 Å². The molecule has 0 aromatic heterocycles. The Kier molecular flexibility index (Phi) is 4.52. The van der Waals surface area contributed by atoms with Gasteiger partial charge in [-0.2, -0.15) is 0 Å². The summed E-state index contributed by atoms with van der Waals surface area (Å²) in [5.74, 6) is -0.162. The molecule has 84 valence electrons. The smallest absolute Gasteiger partial charge is 0.165 e. The van der Waals surface area contributed by atoms with Gasteiger partial charge in [-0.3, -0.25) is 0 Å². The summed E-state index contributed by atoms with van der Waals surface area (Å²) < 4.78 is 23.5. The molecule has 15 heavy (non-hydrogen) atoms. The third kappa shape index (κ3) is 3.18. The topological polar surface area (TPSA) is 44.5 Å². The number of methoxy groups -OCH3 is 1. The highest BCUT2D eigenvalue weighted by molar-refractivity contribution is 5.36. The van der Waals surface area contributed by atoms with Crippen LogP contribution in [0, 0.1) is 5.82 Å². The minimum absolute atomic E-state index is 0.226. The van der Waals surface area contributed by atoms with E-state index >= 15 is 0 Å². The third-order valence-electron chi connectivity index (χ3n) is 2.02. The zero-order valence-corrected chi connectivity index (χ0v) is 9.00. The van der Waals surface area contributed by atoms with E-state index in [0.29, 0.717) is 18.8 Å². The molecule has 0 aliphatic heterocycles. The number of nitrogens with two attached hydrogens (primary N) is 1. The lowest BCUT2D eigenvalue weighted by Crippen LogP contribution is -2.11. The fourth-order valence-electron chi connectivity index (χ4n) is 1.26. The van der Waals surface area contributed by atoms with E-state index in [1.165, 1.54) is 6.07 Å². The molecular formula is C11H16FNO2. The van der Waals surface area contributed by atoms with Crippen molar-refractivity contribution in [2.75, 3.05) is 20.3 Å². The van der Waals surface area contributed by atoms with Crippen LogP contribution >= 0.6 is 0 Å². The third-order valence-corrected chi connectivity index (χ3v) is 2.02. The van der Waals surface area contributed by atoms with Gasteiger partial charge in [0.05, 0.1) is 6.61 Å². The first-order chi connectivity index (χ1) is 7.16. The Bertz CT molecular complexity index is 315. The predicted octanol–water partition coefficient (Wildman–Crippen LogP) is 1.87. The minimum atomic E-state index is -0.388. The lowest BCUT2D eigenvalue weighted by Gasteiger charge is -2.14. The molecule has 3 nitrogen and oxygen atoms in total. The molecule has 1 aromatic rings. The van der Waals surface area contributed by atoms with Crippen LogP contribution in [0.15, 0.2) is 18.2 Å². The van der Waals surface area contributed by atoms with Crippen molar-refractivity contribution < 1.29 is 13.9 Å². The minimum Gasteiger partial charge on any atom is -0.488 e. The van der Waals surface area contributed by atoms with Crippen LogP contribution in [0.4, 0.5) is 4.39 Å². The molecule has 1 atom stereocenters. The zero-order chi connectivity index (χ0) is 11.3. The van der Waals surface area contributed by atoms with Gasteiger partial charge in [-0.1, -0.05) is 12.1 Å². The molecule has 2 N–H and O–H groups in total. The molecule has 0 amide bonds. The quantitative estimate of drug-likeness (QED) is 0.759. The number of ether oxygens (including phenoxy) is 2. The zero-order valence-electron chi connectivity index (χ0n) is 9.00. The van der Waals surface area contributed by atoms with Crippen LogP contribution in [-0.2, 0) is 4.74 Å². The summed E-state index contributed by atoms with van der Waals surface area (Å²) in [5.41, 5.74) is 6.38. The normalized spacial score (nSPS) is 12.5. The average Bonchev–Trinajstić information content (AvgIpc) is 2.20. The predicted molar refractivity (Wildman–Crippen MR) is 56.4 cm³/mol. The molecule has 0 saturated heterocycles. The first kappa shape index (κ1) is 11.9. The Morgan fingerprint density at radius 2 is 2.13 bits per heavy atom. The highest BCUT2D eigenvalue weighted by atomic mass is 19.1. The van der Waals surface area contributed by atoms with Crippen molar-refractivity contribution in [3.8, 4) is 5.75 Å². The molecule has 0 aliphatic carbocycles. The largest absolute Gasteiger partial charge is 0.488 e. The van der Waals surface area contributed by atoms with Crippen LogP contribution < -0.4 is 10.5 Å². The number of benzene rings is 1. The van der Waals surface area contributed by atoms with Crippen molar-refractivity contribution in [1.82, 2.24) is 0 Å². The van der Waals surface area contributed by atoms with Gasteiger partial charge in [0.2, 0.25) is 0 Å². The summed E-state index contributed by atoms with van der Waals surface area (Å²) in [6.07, 6.45) is 0. The van der Waals surface area contributed by atoms with Gasteiger partial charge < -0.3 is 15.2 Å². The van der Waals surface area contributed by atoms with Crippen LogP contribution in [0.25, 0.3) is 0 Å². The van der Waals surface area contributed by atoms with Crippen LogP contribution in [0.5, 0.6) is 5.75 Å². The molecule has 0 radical (unpaired) electrons. The van der Waals surface area contributed by atoms with Crippen molar-refractivity contribution in [3.05, 3.63) is 29.6 Å². The second-order valence-electron chi connectivity index (χ2n) is 3.29. The van der Waals surface area contributed by atoms with Crippen molar-refractivity contribution in [2.24, 2.45) is 5.73 Å². The van der Waals surface area contributed by atoms with Crippen molar-refractivity contribution in [3.63, 3.8) is 0 Å². The van der Waals surface area contributed by atoms with Gasteiger partial charge in [0, 0.05) is 18.7 Å². The molecule has 0 aliphatic rings. The molecule has 1 unspecified atom stereocenters. The molecule has 0 spiro atoms. The lowest BCUT2D eigenvalue weighted by atomic mass is 10.1. The van der Waals surface area contributed by atoms with Gasteiger partial charge in [0.25, 0.3) is 0 Å². The van der Waals surface area contributed by atoms with E-state index in [1.54, 1.807) is 26.2 Å². The molecule has 1 aromatic carbocycles. The van der Waals surface area contributed by atoms with Gasteiger partial charge in [-0.05, 0) is 13.0 Å². The summed E-state index contributed by atoms with van der Waals surface area (Å²) in [6, 6.07) is 4.49. The standard InChI is InChI=1S/C11H16FNO2/c1-8(13)9-4-3-5-10(12)11(9)15-7-6-14-2/h3-5,8H,6-7,13H2,1-2H3. The molecular weight excluding hydrogens is 197 g/mol. The van der Waals surface area contributed by atoms with Crippen LogP contribution in [0.2, 0.25) is 0 Å². The second-order valence-corrected chi connectivity index (χ2v) is 3.29. The van der Waals surface area contributed by atoms with E-state index in [9.17, 15) is 4.39 Å². The molecule has 4 heteroatoms. The van der Waals surface area contributed by atoms with Gasteiger partial charge in [-0.15, -0.1) is 0 Å². The average molecular weight is 213 g/mol. The highest BCUT2D eigenvalue weighted by Crippen LogP contribution is 2.26. The number of para-hydroxylation sites is 1.